The minimum atomic E-state index is -0.782. The molecule has 1 N–H and O–H groups in total. The quantitative estimate of drug-likeness (QED) is 0.832. The number of ether oxygens (including phenoxy) is 1. The summed E-state index contributed by atoms with van der Waals surface area (Å²) in [5.41, 5.74) is 0.555. The van der Waals surface area contributed by atoms with Crippen LogP contribution in [-0.4, -0.2) is 60.1 Å². The van der Waals surface area contributed by atoms with Gasteiger partial charge in [-0.3, -0.25) is 9.59 Å². The van der Waals surface area contributed by atoms with E-state index in [0.717, 1.165) is 6.07 Å². The van der Waals surface area contributed by atoms with Crippen molar-refractivity contribution >= 4 is 11.8 Å². The lowest BCUT2D eigenvalue weighted by atomic mass is 9.89. The maximum atomic E-state index is 14.2. The van der Waals surface area contributed by atoms with E-state index in [0.29, 0.717) is 25.2 Å². The molecule has 0 unspecified atom stereocenters. The number of carbonyl (C=O) groups excluding carboxylic acids is 2. The molecule has 0 aliphatic carbocycles. The lowest BCUT2D eigenvalue weighted by molar-refractivity contribution is -0.136. The van der Waals surface area contributed by atoms with Crippen LogP contribution in [0.1, 0.15) is 22.0 Å². The molecule has 4 rings (SSSR count). The van der Waals surface area contributed by atoms with E-state index in [4.69, 9.17) is 4.74 Å². The number of amides is 2. The van der Waals surface area contributed by atoms with Crippen molar-refractivity contribution < 1.29 is 28.2 Å². The molecule has 2 amide bonds. The predicted octanol–water partition coefficient (Wildman–Crippen LogP) is 2.59. The molecule has 2 aliphatic heterocycles. The Morgan fingerprint density at radius 1 is 1.13 bits per heavy atom. The van der Waals surface area contributed by atoms with Gasteiger partial charge in [-0.2, -0.15) is 0 Å². The smallest absolute Gasteiger partial charge is 0.256 e. The van der Waals surface area contributed by atoms with Crippen molar-refractivity contribution in [3.05, 3.63) is 65.2 Å². The highest BCUT2D eigenvalue weighted by Crippen LogP contribution is 2.45. The van der Waals surface area contributed by atoms with E-state index >= 15 is 0 Å². The minimum absolute atomic E-state index is 0.0109. The third kappa shape index (κ3) is 3.63. The van der Waals surface area contributed by atoms with Crippen LogP contribution in [-0.2, 0) is 9.53 Å². The maximum absolute atomic E-state index is 14.2. The van der Waals surface area contributed by atoms with Gasteiger partial charge in [0.25, 0.3) is 5.91 Å². The molecule has 158 valence electrons. The first-order chi connectivity index (χ1) is 14.4. The van der Waals surface area contributed by atoms with Crippen LogP contribution in [0.15, 0.2) is 42.5 Å². The van der Waals surface area contributed by atoms with E-state index < -0.39 is 23.6 Å². The van der Waals surface area contributed by atoms with E-state index in [1.54, 1.807) is 21.9 Å². The molecule has 0 aromatic heterocycles. The molecular weight excluding hydrogens is 394 g/mol. The van der Waals surface area contributed by atoms with Gasteiger partial charge in [-0.25, -0.2) is 8.78 Å². The Morgan fingerprint density at radius 3 is 2.63 bits per heavy atom. The van der Waals surface area contributed by atoms with Gasteiger partial charge in [0.1, 0.15) is 24.0 Å². The first-order valence-electron chi connectivity index (χ1n) is 9.70. The number of phenols is 1. The number of carbonyl (C=O) groups is 2. The van der Waals surface area contributed by atoms with Crippen LogP contribution in [0.2, 0.25) is 0 Å². The SMILES string of the molecule is COCC(=O)N1C[C@H]2CN(C(=O)c3ccc(O)cc3F)C[C@H]2[C@@H]1c1cccc(F)c1. The molecule has 2 fully saturated rings. The number of nitrogens with zero attached hydrogens (tertiary/aromatic N) is 2. The third-order valence-electron chi connectivity index (χ3n) is 5.91. The Balaban J connectivity index is 1.61. The van der Waals surface area contributed by atoms with Gasteiger partial charge in [-0.05, 0) is 29.8 Å². The average Bonchev–Trinajstić information content (AvgIpc) is 3.25. The first-order valence-corrected chi connectivity index (χ1v) is 9.70. The summed E-state index contributed by atoms with van der Waals surface area (Å²) in [4.78, 5) is 28.7. The maximum Gasteiger partial charge on any atom is 0.256 e. The fourth-order valence-corrected chi connectivity index (χ4v) is 4.64. The molecule has 0 bridgehead atoms. The molecule has 2 saturated heterocycles. The van der Waals surface area contributed by atoms with Crippen LogP contribution in [0.3, 0.4) is 0 Å². The minimum Gasteiger partial charge on any atom is -0.508 e. The summed E-state index contributed by atoms with van der Waals surface area (Å²) >= 11 is 0. The summed E-state index contributed by atoms with van der Waals surface area (Å²) in [6, 6.07) is 9.17. The molecule has 0 spiro atoms. The Labute approximate surface area is 172 Å². The molecular formula is C22H22F2N2O4. The highest BCUT2D eigenvalue weighted by molar-refractivity contribution is 5.95. The number of benzene rings is 2. The molecule has 2 aromatic rings. The van der Waals surface area contributed by atoms with Crippen LogP contribution >= 0.6 is 0 Å². The molecule has 0 saturated carbocycles. The normalized spacial score (nSPS) is 23.0. The summed E-state index contributed by atoms with van der Waals surface area (Å²) in [5.74, 6) is -2.19. The van der Waals surface area contributed by atoms with Crippen molar-refractivity contribution in [1.82, 2.24) is 9.80 Å². The Bertz CT molecular complexity index is 983. The number of fused-ring (bicyclic) bond motifs is 1. The van der Waals surface area contributed by atoms with Gasteiger partial charge in [0.05, 0.1) is 11.6 Å². The molecule has 6 nitrogen and oxygen atoms in total. The van der Waals surface area contributed by atoms with Crippen molar-refractivity contribution in [3.8, 4) is 5.75 Å². The Hall–Kier alpha value is -3.00. The molecule has 2 heterocycles. The highest BCUT2D eigenvalue weighted by atomic mass is 19.1. The third-order valence-corrected chi connectivity index (χ3v) is 5.91. The van der Waals surface area contributed by atoms with Gasteiger partial charge in [0.15, 0.2) is 0 Å². The number of aromatic hydroxyl groups is 1. The van der Waals surface area contributed by atoms with E-state index in [-0.39, 0.29) is 35.7 Å². The second-order valence-electron chi connectivity index (χ2n) is 7.78. The van der Waals surface area contributed by atoms with Crippen molar-refractivity contribution in [1.29, 1.82) is 0 Å². The fraction of sp³-hybridized carbons (Fsp3) is 0.364. The number of methoxy groups -OCH3 is 1. The number of likely N-dealkylation sites (tertiary alicyclic amines) is 2. The van der Waals surface area contributed by atoms with Crippen molar-refractivity contribution in [2.24, 2.45) is 11.8 Å². The molecule has 30 heavy (non-hydrogen) atoms. The number of halogens is 2. The zero-order valence-electron chi connectivity index (χ0n) is 16.4. The summed E-state index contributed by atoms with van der Waals surface area (Å²) in [7, 11) is 1.44. The van der Waals surface area contributed by atoms with Crippen LogP contribution in [0.4, 0.5) is 8.78 Å². The average molecular weight is 416 g/mol. The van der Waals surface area contributed by atoms with E-state index in [1.165, 1.54) is 31.4 Å². The van der Waals surface area contributed by atoms with Crippen LogP contribution in [0.5, 0.6) is 5.75 Å². The summed E-state index contributed by atoms with van der Waals surface area (Å²) in [5, 5.41) is 9.38. The van der Waals surface area contributed by atoms with Gasteiger partial charge in [-0.1, -0.05) is 12.1 Å². The number of rotatable bonds is 4. The van der Waals surface area contributed by atoms with Crippen LogP contribution in [0, 0.1) is 23.5 Å². The van der Waals surface area contributed by atoms with Gasteiger partial charge in [-0.15, -0.1) is 0 Å². The number of hydrogen-bond donors (Lipinski definition) is 1. The molecule has 2 aliphatic rings. The summed E-state index contributed by atoms with van der Waals surface area (Å²) < 4.78 is 33.1. The van der Waals surface area contributed by atoms with Gasteiger partial charge in [0, 0.05) is 44.6 Å². The predicted molar refractivity (Wildman–Crippen MR) is 104 cm³/mol. The lowest BCUT2D eigenvalue weighted by Crippen LogP contribution is -2.39. The first kappa shape index (κ1) is 20.3. The van der Waals surface area contributed by atoms with Crippen LogP contribution in [0.25, 0.3) is 0 Å². The highest BCUT2D eigenvalue weighted by Gasteiger charge is 2.50. The summed E-state index contributed by atoms with van der Waals surface area (Å²) in [6.45, 7) is 1.02. The van der Waals surface area contributed by atoms with Crippen molar-refractivity contribution in [2.45, 2.75) is 6.04 Å². The molecule has 0 radical (unpaired) electrons. The molecule has 3 atom stereocenters. The zero-order valence-corrected chi connectivity index (χ0v) is 16.4. The lowest BCUT2D eigenvalue weighted by Gasteiger charge is -2.30. The monoisotopic (exact) mass is 416 g/mol. The van der Waals surface area contributed by atoms with Crippen LogP contribution < -0.4 is 0 Å². The van der Waals surface area contributed by atoms with Crippen molar-refractivity contribution in [3.63, 3.8) is 0 Å². The Kier molecular flexibility index (Phi) is 5.42. The second-order valence-corrected chi connectivity index (χ2v) is 7.78. The Morgan fingerprint density at radius 2 is 1.93 bits per heavy atom. The fourth-order valence-electron chi connectivity index (χ4n) is 4.64. The topological polar surface area (TPSA) is 70.1 Å². The zero-order chi connectivity index (χ0) is 21.4. The van der Waals surface area contributed by atoms with E-state index in [1.807, 2.05) is 0 Å². The second kappa shape index (κ2) is 8.02. The molecule has 8 heteroatoms. The van der Waals surface area contributed by atoms with Crippen molar-refractivity contribution in [2.75, 3.05) is 33.4 Å². The van der Waals surface area contributed by atoms with Gasteiger partial charge >= 0.3 is 0 Å². The van der Waals surface area contributed by atoms with E-state index in [9.17, 15) is 23.5 Å². The number of phenolic OH excluding ortho intramolecular Hbond substituents is 1. The van der Waals surface area contributed by atoms with Gasteiger partial charge in [0.2, 0.25) is 5.91 Å². The van der Waals surface area contributed by atoms with E-state index in [2.05, 4.69) is 0 Å². The summed E-state index contributed by atoms with van der Waals surface area (Å²) in [6.07, 6.45) is 0. The molecule has 2 aromatic carbocycles. The number of hydrogen-bond acceptors (Lipinski definition) is 4. The largest absolute Gasteiger partial charge is 0.508 e. The standard InChI is InChI=1S/C22H22F2N2O4/c1-30-12-20(28)26-10-14-9-25(22(29)17-6-5-16(27)8-19(17)24)11-18(14)21(26)13-3-2-4-15(23)7-13/h2-8,14,18,21,27H,9-12H2,1H3/t14-,18-,21+/m1/s1. The van der Waals surface area contributed by atoms with Gasteiger partial charge < -0.3 is 19.6 Å².